The van der Waals surface area contributed by atoms with Crippen molar-refractivity contribution < 1.29 is 33.6 Å². The summed E-state index contributed by atoms with van der Waals surface area (Å²) < 4.78 is 28.3. The van der Waals surface area contributed by atoms with Crippen LogP contribution in [-0.2, 0) is 30.0 Å². The molecule has 0 aromatic heterocycles. The first-order chi connectivity index (χ1) is 14.3. The third-order valence-electron chi connectivity index (χ3n) is 7.28. The van der Waals surface area contributed by atoms with Crippen LogP contribution in [0, 0.1) is 5.92 Å². The van der Waals surface area contributed by atoms with Gasteiger partial charge in [0, 0.05) is 24.5 Å². The number of esters is 1. The summed E-state index contributed by atoms with van der Waals surface area (Å²) in [5, 5.41) is 12.0. The van der Waals surface area contributed by atoms with Crippen molar-refractivity contribution in [3.05, 3.63) is 23.3 Å². The average molecular weight is 421 g/mol. The summed E-state index contributed by atoms with van der Waals surface area (Å²) in [4.78, 5) is 12.7. The normalized spacial score (nSPS) is 27.1. The monoisotopic (exact) mass is 420 g/mol. The van der Waals surface area contributed by atoms with Crippen LogP contribution in [0.3, 0.4) is 0 Å². The number of benzene rings is 1. The molecule has 1 aliphatic heterocycles. The first-order valence-electron chi connectivity index (χ1n) is 10.8. The van der Waals surface area contributed by atoms with Crippen LogP contribution < -0.4 is 9.47 Å². The molecule has 7 heteroatoms. The molecule has 1 heterocycles. The lowest BCUT2D eigenvalue weighted by atomic mass is 9.67. The Labute approximate surface area is 177 Å². The lowest BCUT2D eigenvalue weighted by Gasteiger charge is -2.43. The molecule has 7 nitrogen and oxygen atoms in total. The Bertz CT molecular complexity index is 804. The van der Waals surface area contributed by atoms with Gasteiger partial charge in [-0.25, -0.2) is 0 Å². The highest BCUT2D eigenvalue weighted by atomic mass is 16.7. The van der Waals surface area contributed by atoms with E-state index in [2.05, 4.69) is 0 Å². The SMILES string of the molecule is CCOC(=O)C(C)C1(O)CC2(CCC3(CC2)OCCO3)c2cc(OC)cc(OC)c21. The number of carbonyl (C=O) groups excluding carboxylic acids is 1. The molecule has 2 aliphatic carbocycles. The van der Waals surface area contributed by atoms with Crippen LogP contribution in [0.25, 0.3) is 0 Å². The van der Waals surface area contributed by atoms with Crippen molar-refractivity contribution in [2.45, 2.75) is 62.8 Å². The number of hydrogen-bond donors (Lipinski definition) is 1. The van der Waals surface area contributed by atoms with E-state index in [1.54, 1.807) is 34.1 Å². The summed E-state index contributed by atoms with van der Waals surface area (Å²) in [6, 6.07) is 3.76. The second-order valence-corrected chi connectivity index (χ2v) is 8.71. The molecule has 4 rings (SSSR count). The number of aliphatic hydroxyl groups is 1. The third-order valence-corrected chi connectivity index (χ3v) is 7.28. The predicted octanol–water partition coefficient (Wildman–Crippen LogP) is 3.05. The number of methoxy groups -OCH3 is 2. The summed E-state index contributed by atoms with van der Waals surface area (Å²) in [6.45, 7) is 5.02. The molecular formula is C23H32O7. The van der Waals surface area contributed by atoms with Crippen LogP contribution in [0.5, 0.6) is 11.5 Å². The van der Waals surface area contributed by atoms with Crippen molar-refractivity contribution in [2.75, 3.05) is 34.0 Å². The van der Waals surface area contributed by atoms with Crippen LogP contribution in [-0.4, -0.2) is 50.9 Å². The van der Waals surface area contributed by atoms with Gasteiger partial charge >= 0.3 is 5.97 Å². The van der Waals surface area contributed by atoms with E-state index >= 15 is 0 Å². The molecule has 0 radical (unpaired) electrons. The summed E-state index contributed by atoms with van der Waals surface area (Å²) in [5.74, 6) is -0.439. The van der Waals surface area contributed by atoms with Crippen LogP contribution in [0.1, 0.15) is 57.1 Å². The lowest BCUT2D eigenvalue weighted by Crippen LogP contribution is -2.44. The number of carbonyl (C=O) groups is 1. The molecule has 1 aromatic rings. The maximum Gasteiger partial charge on any atom is 0.311 e. The Morgan fingerprint density at radius 1 is 1.13 bits per heavy atom. The first kappa shape index (κ1) is 21.4. The second kappa shape index (κ2) is 7.70. The maximum atomic E-state index is 12.7. The van der Waals surface area contributed by atoms with Gasteiger partial charge in [0.25, 0.3) is 0 Å². The van der Waals surface area contributed by atoms with Gasteiger partial charge in [0.05, 0.1) is 40.0 Å². The van der Waals surface area contributed by atoms with E-state index in [0.29, 0.717) is 36.7 Å². The number of fused-ring (bicyclic) bond motifs is 2. The van der Waals surface area contributed by atoms with Crippen LogP contribution >= 0.6 is 0 Å². The quantitative estimate of drug-likeness (QED) is 0.733. The minimum absolute atomic E-state index is 0.272. The molecule has 1 saturated heterocycles. The van der Waals surface area contributed by atoms with Crippen molar-refractivity contribution in [1.29, 1.82) is 0 Å². The number of hydrogen-bond acceptors (Lipinski definition) is 7. The summed E-state index contributed by atoms with van der Waals surface area (Å²) in [6.07, 6.45) is 3.49. The van der Waals surface area contributed by atoms with Crippen LogP contribution in [0.4, 0.5) is 0 Å². The van der Waals surface area contributed by atoms with E-state index in [-0.39, 0.29) is 12.0 Å². The molecule has 0 amide bonds. The second-order valence-electron chi connectivity index (χ2n) is 8.71. The standard InChI is InChI=1S/C23H32O7/c1-5-28-20(24)15(2)23(25)14-21(6-8-22(9-7-21)29-10-11-30-22)17-12-16(26-3)13-18(27-4)19(17)23/h12-13,15,25H,5-11,14H2,1-4H3. The Morgan fingerprint density at radius 3 is 2.37 bits per heavy atom. The first-order valence-corrected chi connectivity index (χ1v) is 10.8. The molecule has 2 fully saturated rings. The van der Waals surface area contributed by atoms with E-state index in [1.807, 2.05) is 6.07 Å². The molecule has 2 atom stereocenters. The fourth-order valence-electron chi connectivity index (χ4n) is 5.61. The third kappa shape index (κ3) is 3.18. The molecule has 3 aliphatic rings. The number of rotatable bonds is 5. The Hall–Kier alpha value is -1.83. The smallest absolute Gasteiger partial charge is 0.311 e. The van der Waals surface area contributed by atoms with E-state index in [9.17, 15) is 9.90 Å². The Kier molecular flexibility index (Phi) is 5.49. The molecule has 2 unspecified atom stereocenters. The fourth-order valence-corrected chi connectivity index (χ4v) is 5.61. The molecule has 2 spiro atoms. The summed E-state index contributed by atoms with van der Waals surface area (Å²) in [7, 11) is 3.19. The van der Waals surface area contributed by atoms with Crippen molar-refractivity contribution in [3.8, 4) is 11.5 Å². The van der Waals surface area contributed by atoms with Gasteiger partial charge in [-0.1, -0.05) is 0 Å². The molecule has 0 bridgehead atoms. The highest BCUT2D eigenvalue weighted by Gasteiger charge is 2.60. The maximum absolute atomic E-state index is 12.7. The van der Waals surface area contributed by atoms with Gasteiger partial charge in [-0.15, -0.1) is 0 Å². The minimum Gasteiger partial charge on any atom is -0.497 e. The fraction of sp³-hybridized carbons (Fsp3) is 0.696. The van der Waals surface area contributed by atoms with E-state index < -0.39 is 23.3 Å². The van der Waals surface area contributed by atoms with Gasteiger partial charge in [0.1, 0.15) is 17.1 Å². The highest BCUT2D eigenvalue weighted by Crippen LogP contribution is 2.62. The average Bonchev–Trinajstić information content (AvgIpc) is 3.31. The molecule has 166 valence electrons. The van der Waals surface area contributed by atoms with Crippen molar-refractivity contribution >= 4 is 5.97 Å². The van der Waals surface area contributed by atoms with Crippen molar-refractivity contribution in [3.63, 3.8) is 0 Å². The van der Waals surface area contributed by atoms with Crippen LogP contribution in [0.2, 0.25) is 0 Å². The molecule has 1 N–H and O–H groups in total. The Morgan fingerprint density at radius 2 is 1.80 bits per heavy atom. The van der Waals surface area contributed by atoms with Gasteiger partial charge in [0.2, 0.25) is 0 Å². The van der Waals surface area contributed by atoms with E-state index in [4.69, 9.17) is 23.7 Å². The minimum atomic E-state index is -1.39. The molecule has 1 saturated carbocycles. The van der Waals surface area contributed by atoms with Gasteiger partial charge < -0.3 is 28.8 Å². The largest absolute Gasteiger partial charge is 0.497 e. The van der Waals surface area contributed by atoms with Crippen molar-refractivity contribution in [1.82, 2.24) is 0 Å². The van der Waals surface area contributed by atoms with Gasteiger partial charge in [-0.3, -0.25) is 4.79 Å². The molecular weight excluding hydrogens is 388 g/mol. The topological polar surface area (TPSA) is 83.5 Å². The summed E-state index contributed by atoms with van der Waals surface area (Å²) >= 11 is 0. The van der Waals surface area contributed by atoms with E-state index in [1.165, 1.54) is 0 Å². The van der Waals surface area contributed by atoms with Crippen LogP contribution in [0.15, 0.2) is 12.1 Å². The Balaban J connectivity index is 1.79. The van der Waals surface area contributed by atoms with E-state index in [0.717, 1.165) is 31.2 Å². The summed E-state index contributed by atoms with van der Waals surface area (Å²) in [5.41, 5.74) is -0.0327. The molecule has 1 aromatic carbocycles. The zero-order valence-corrected chi connectivity index (χ0v) is 18.3. The van der Waals surface area contributed by atoms with Gasteiger partial charge in [-0.05, 0) is 50.2 Å². The highest BCUT2D eigenvalue weighted by molar-refractivity contribution is 5.75. The predicted molar refractivity (Wildman–Crippen MR) is 109 cm³/mol. The van der Waals surface area contributed by atoms with Crippen molar-refractivity contribution in [2.24, 2.45) is 5.92 Å². The molecule has 30 heavy (non-hydrogen) atoms. The number of ether oxygens (including phenoxy) is 5. The zero-order valence-electron chi connectivity index (χ0n) is 18.3. The lowest BCUT2D eigenvalue weighted by molar-refractivity contribution is -0.188. The van der Waals surface area contributed by atoms with Gasteiger partial charge in [-0.2, -0.15) is 0 Å². The van der Waals surface area contributed by atoms with Gasteiger partial charge in [0.15, 0.2) is 5.79 Å². The zero-order chi connectivity index (χ0) is 21.6.